The van der Waals surface area contributed by atoms with E-state index in [4.69, 9.17) is 0 Å². The van der Waals surface area contributed by atoms with Crippen molar-refractivity contribution >= 4 is 11.6 Å². The predicted octanol–water partition coefficient (Wildman–Crippen LogP) is 2.58. The highest BCUT2D eigenvalue weighted by atomic mass is 16.1. The van der Waals surface area contributed by atoms with Crippen molar-refractivity contribution in [2.45, 2.75) is 19.8 Å². The number of hydrogen-bond donors (Lipinski definition) is 0. The monoisotopic (exact) mass is 202 g/mol. The molecule has 15 heavy (non-hydrogen) atoms. The Morgan fingerprint density at radius 2 is 1.87 bits per heavy atom. The number of hydrogen-bond acceptors (Lipinski definition) is 2. The van der Waals surface area contributed by atoms with E-state index in [2.05, 4.69) is 6.58 Å². The molecule has 0 fully saturated rings. The van der Waals surface area contributed by atoms with Crippen LogP contribution >= 0.6 is 0 Å². The van der Waals surface area contributed by atoms with Crippen LogP contribution in [0.2, 0.25) is 0 Å². The van der Waals surface area contributed by atoms with Gasteiger partial charge in [-0.05, 0) is 25.0 Å². The zero-order chi connectivity index (χ0) is 11.3. The van der Waals surface area contributed by atoms with Gasteiger partial charge in [-0.15, -0.1) is 0 Å². The molecule has 1 rings (SSSR count). The highest BCUT2D eigenvalue weighted by molar-refractivity contribution is 5.94. The molecule has 0 N–H and O–H groups in total. The van der Waals surface area contributed by atoms with Crippen LogP contribution in [0.3, 0.4) is 0 Å². The molecular formula is C13H14O2. The summed E-state index contributed by atoms with van der Waals surface area (Å²) < 4.78 is 0. The molecule has 0 unspecified atom stereocenters. The van der Waals surface area contributed by atoms with E-state index in [0.717, 1.165) is 5.56 Å². The maximum atomic E-state index is 11.0. The van der Waals surface area contributed by atoms with Gasteiger partial charge in [0.1, 0.15) is 0 Å². The summed E-state index contributed by atoms with van der Waals surface area (Å²) in [6.45, 7) is 4.95. The molecule has 0 saturated carbocycles. The fourth-order valence-electron chi connectivity index (χ4n) is 1.28. The summed E-state index contributed by atoms with van der Waals surface area (Å²) in [5.41, 5.74) is 1.77. The molecular weight excluding hydrogens is 188 g/mol. The van der Waals surface area contributed by atoms with Crippen LogP contribution in [-0.4, -0.2) is 11.6 Å². The highest BCUT2D eigenvalue weighted by Crippen LogP contribution is 2.07. The van der Waals surface area contributed by atoms with Gasteiger partial charge in [0.2, 0.25) is 0 Å². The van der Waals surface area contributed by atoms with Crippen molar-refractivity contribution in [3.8, 4) is 0 Å². The first-order chi connectivity index (χ1) is 7.13. The molecule has 0 atom stereocenters. The van der Waals surface area contributed by atoms with E-state index in [1.165, 1.54) is 13.0 Å². The molecule has 1 aromatic carbocycles. The lowest BCUT2D eigenvalue weighted by Crippen LogP contribution is -1.96. The minimum Gasteiger partial charge on any atom is -0.295 e. The third kappa shape index (κ3) is 3.50. The van der Waals surface area contributed by atoms with Gasteiger partial charge in [-0.1, -0.05) is 30.8 Å². The van der Waals surface area contributed by atoms with Crippen molar-refractivity contribution in [2.75, 3.05) is 0 Å². The number of rotatable bonds is 5. The number of aryl methyl sites for hydroxylation is 1. The predicted molar refractivity (Wildman–Crippen MR) is 60.0 cm³/mol. The Hall–Kier alpha value is -1.70. The van der Waals surface area contributed by atoms with E-state index in [1.807, 2.05) is 12.1 Å². The van der Waals surface area contributed by atoms with Crippen LogP contribution in [0.1, 0.15) is 29.3 Å². The molecule has 0 bridgehead atoms. The van der Waals surface area contributed by atoms with E-state index < -0.39 is 0 Å². The van der Waals surface area contributed by atoms with Crippen molar-refractivity contribution in [3.63, 3.8) is 0 Å². The lowest BCUT2D eigenvalue weighted by Gasteiger charge is -2.00. The van der Waals surface area contributed by atoms with Gasteiger partial charge < -0.3 is 0 Å². The molecule has 1 aromatic rings. The summed E-state index contributed by atoms with van der Waals surface area (Å²) in [5.74, 6) is 0.106. The summed E-state index contributed by atoms with van der Waals surface area (Å²) in [6.07, 6.45) is 2.51. The second kappa shape index (κ2) is 5.25. The first-order valence-electron chi connectivity index (χ1n) is 4.88. The minimum atomic E-state index is 0.0469. The third-order valence-corrected chi connectivity index (χ3v) is 2.25. The van der Waals surface area contributed by atoms with Crippen LogP contribution in [0.25, 0.3) is 0 Å². The summed E-state index contributed by atoms with van der Waals surface area (Å²) >= 11 is 0. The van der Waals surface area contributed by atoms with Crippen molar-refractivity contribution in [2.24, 2.45) is 0 Å². The zero-order valence-corrected chi connectivity index (χ0v) is 8.82. The molecule has 2 nitrogen and oxygen atoms in total. The van der Waals surface area contributed by atoms with E-state index in [1.54, 1.807) is 12.1 Å². The van der Waals surface area contributed by atoms with Crippen LogP contribution in [0.5, 0.6) is 0 Å². The Labute approximate surface area is 89.6 Å². The second-order valence-corrected chi connectivity index (χ2v) is 3.42. The summed E-state index contributed by atoms with van der Waals surface area (Å²) in [5, 5.41) is 0. The molecule has 0 saturated heterocycles. The Morgan fingerprint density at radius 3 is 2.33 bits per heavy atom. The molecule has 0 aliphatic heterocycles. The number of benzene rings is 1. The fraction of sp³-hybridized carbons (Fsp3) is 0.231. The van der Waals surface area contributed by atoms with Gasteiger partial charge >= 0.3 is 0 Å². The molecule has 2 heteroatoms. The molecule has 0 radical (unpaired) electrons. The third-order valence-electron chi connectivity index (χ3n) is 2.25. The summed E-state index contributed by atoms with van der Waals surface area (Å²) in [6, 6.07) is 7.34. The smallest absolute Gasteiger partial charge is 0.159 e. The maximum Gasteiger partial charge on any atom is 0.159 e. The van der Waals surface area contributed by atoms with E-state index in [9.17, 15) is 9.59 Å². The largest absolute Gasteiger partial charge is 0.295 e. The normalized spacial score (nSPS) is 9.67. The van der Waals surface area contributed by atoms with Crippen LogP contribution < -0.4 is 0 Å². The van der Waals surface area contributed by atoms with Crippen molar-refractivity contribution in [3.05, 3.63) is 48.0 Å². The average molecular weight is 202 g/mol. The lowest BCUT2D eigenvalue weighted by atomic mass is 10.0. The molecule has 0 aliphatic carbocycles. The average Bonchev–Trinajstić information content (AvgIpc) is 2.26. The van der Waals surface area contributed by atoms with Gasteiger partial charge in [-0.25, -0.2) is 0 Å². The van der Waals surface area contributed by atoms with E-state index >= 15 is 0 Å². The Morgan fingerprint density at radius 1 is 1.27 bits per heavy atom. The molecule has 0 spiro atoms. The van der Waals surface area contributed by atoms with Crippen molar-refractivity contribution < 1.29 is 9.59 Å². The first kappa shape index (κ1) is 11.4. The van der Waals surface area contributed by atoms with Crippen LogP contribution in [-0.2, 0) is 11.2 Å². The number of ketones is 2. The fourth-order valence-corrected chi connectivity index (χ4v) is 1.28. The summed E-state index contributed by atoms with van der Waals surface area (Å²) in [4.78, 5) is 22.0. The number of Topliss-reactive ketones (excluding diaryl/α,β-unsaturated/α-hetero) is 1. The van der Waals surface area contributed by atoms with Gasteiger partial charge in [-0.2, -0.15) is 0 Å². The quantitative estimate of drug-likeness (QED) is 0.543. The number of carbonyl (C=O) groups is 2. The molecule has 0 heterocycles. The van der Waals surface area contributed by atoms with Crippen LogP contribution in [0.4, 0.5) is 0 Å². The van der Waals surface area contributed by atoms with Crippen molar-refractivity contribution in [1.82, 2.24) is 0 Å². The second-order valence-electron chi connectivity index (χ2n) is 3.42. The van der Waals surface area contributed by atoms with Crippen LogP contribution in [0.15, 0.2) is 36.9 Å². The van der Waals surface area contributed by atoms with Crippen LogP contribution in [0, 0.1) is 0 Å². The van der Waals surface area contributed by atoms with Gasteiger partial charge in [0.25, 0.3) is 0 Å². The lowest BCUT2D eigenvalue weighted by molar-refractivity contribution is -0.114. The minimum absolute atomic E-state index is 0.0469. The van der Waals surface area contributed by atoms with Gasteiger partial charge in [0, 0.05) is 12.0 Å². The van der Waals surface area contributed by atoms with Gasteiger partial charge in [-0.3, -0.25) is 9.59 Å². The molecule has 0 aliphatic rings. The highest BCUT2D eigenvalue weighted by Gasteiger charge is 2.00. The number of carbonyl (C=O) groups excluding carboxylic acids is 2. The van der Waals surface area contributed by atoms with E-state index in [0.29, 0.717) is 18.4 Å². The van der Waals surface area contributed by atoms with Crippen molar-refractivity contribution in [1.29, 1.82) is 0 Å². The zero-order valence-electron chi connectivity index (χ0n) is 8.82. The molecule has 0 aromatic heterocycles. The van der Waals surface area contributed by atoms with Gasteiger partial charge in [0.05, 0.1) is 0 Å². The Balaban J connectivity index is 2.60. The molecule has 78 valence electrons. The van der Waals surface area contributed by atoms with E-state index in [-0.39, 0.29) is 11.6 Å². The Kier molecular flexibility index (Phi) is 3.98. The SMILES string of the molecule is C=CC(=O)CCc1ccc(C(C)=O)cc1. The first-order valence-corrected chi connectivity index (χ1v) is 4.88. The van der Waals surface area contributed by atoms with Gasteiger partial charge in [0.15, 0.2) is 11.6 Å². The molecule has 0 amide bonds. The maximum absolute atomic E-state index is 11.0. The standard InChI is InChI=1S/C13H14O2/c1-3-13(15)9-6-11-4-7-12(8-5-11)10(2)14/h3-5,7-8H,1,6,9H2,2H3. The number of allylic oxidation sites excluding steroid dienone is 1. The topological polar surface area (TPSA) is 34.1 Å². The Bertz CT molecular complexity index is 374. The summed E-state index contributed by atoms with van der Waals surface area (Å²) in [7, 11) is 0.